The van der Waals surface area contributed by atoms with Gasteiger partial charge in [0.1, 0.15) is 46.7 Å². The Balaban J connectivity index is -0.0000000159. The minimum Gasteiger partial charge on any atom is -2.00 e. The molecule has 29 heteroatoms. The first-order chi connectivity index (χ1) is 15.9. The predicted molar refractivity (Wildman–Crippen MR) is 94.5 cm³/mol. The van der Waals surface area contributed by atoms with Crippen molar-refractivity contribution in [1.82, 2.24) is 0 Å². The molecule has 0 atom stereocenters. The summed E-state index contributed by atoms with van der Waals surface area (Å²) >= 11 is 0. The van der Waals surface area contributed by atoms with Crippen molar-refractivity contribution < 1.29 is 179 Å². The van der Waals surface area contributed by atoms with Gasteiger partial charge in [-0.3, -0.25) is 0 Å². The Labute approximate surface area is 267 Å². The van der Waals surface area contributed by atoms with Crippen molar-refractivity contribution in [3.63, 3.8) is 0 Å². The molecule has 19 nitrogen and oxygen atoms in total. The Morgan fingerprint density at radius 3 is 0.349 bits per heavy atom. The van der Waals surface area contributed by atoms with Gasteiger partial charge in [0.05, 0.1) is 41.8 Å². The molecular formula is C14H24F7Fe3O19+2. The summed E-state index contributed by atoms with van der Waals surface area (Å²) in [5.74, 6) is -11.6. The molecule has 43 heavy (non-hydrogen) atoms. The van der Waals surface area contributed by atoms with Crippen LogP contribution in [0.25, 0.3) is 0 Å². The quantitative estimate of drug-likeness (QED) is 0.131. The number of aliphatic carboxylic acids is 7. The number of halogens is 7. The number of carbonyl (C=O) groups is 7. The summed E-state index contributed by atoms with van der Waals surface area (Å²) in [6.07, 6.45) is 0. The smallest absolute Gasteiger partial charge is 2.00 e. The zero-order valence-corrected chi connectivity index (χ0v) is 23.7. The first-order valence-corrected chi connectivity index (χ1v) is 7.20. The van der Waals surface area contributed by atoms with E-state index >= 15 is 0 Å². The van der Waals surface area contributed by atoms with Crippen LogP contribution in [0.1, 0.15) is 0 Å². The van der Waals surface area contributed by atoms with Crippen LogP contribution in [0.2, 0.25) is 0 Å². The Kier molecular flexibility index (Phi) is 204. The van der Waals surface area contributed by atoms with Crippen molar-refractivity contribution >= 4 is 41.8 Å². The standard InChI is InChI=1S/7C2H3FO2.3Fe.4H2O.O/c7*3-1-2(4)5;;;;;;;;/h7*1H2,(H,4,5);;;;4*1H2;/q;;;;;;;3*+3;;;;;-2/p-5. The molecule has 0 aliphatic carbocycles. The molecule has 0 aliphatic heterocycles. The molecule has 0 bridgehead atoms. The second kappa shape index (κ2) is 90.1. The number of hydrogen-bond donors (Lipinski definition) is 0. The first-order valence-electron chi connectivity index (χ1n) is 7.20. The fraction of sp³-hybridized carbons (Fsp3) is 0.500. The van der Waals surface area contributed by atoms with Gasteiger partial charge in [0.2, 0.25) is 0 Å². The van der Waals surface area contributed by atoms with Crippen LogP contribution < -0.4 is 35.7 Å². The van der Waals surface area contributed by atoms with Crippen LogP contribution in [0.15, 0.2) is 0 Å². The summed E-state index contributed by atoms with van der Waals surface area (Å²) in [4.78, 5) is 62.2. The van der Waals surface area contributed by atoms with Crippen LogP contribution >= 0.6 is 0 Å². The second-order valence-electron chi connectivity index (χ2n) is 3.54. The number of carbonyl (C=O) groups excluding carboxylic acids is 7. The summed E-state index contributed by atoms with van der Waals surface area (Å²) < 4.78 is 73.2. The van der Waals surface area contributed by atoms with E-state index in [1.165, 1.54) is 0 Å². The van der Waals surface area contributed by atoms with Crippen LogP contribution in [0.5, 0.6) is 0 Å². The zero-order chi connectivity index (χ0) is 30.0. The average molecular weight is 797 g/mol. The molecule has 3 radical (unpaired) electrons. The maximum absolute atomic E-state index is 10.5. The monoisotopic (exact) mass is 797 g/mol. The van der Waals surface area contributed by atoms with Gasteiger partial charge < -0.3 is 96.7 Å². The van der Waals surface area contributed by atoms with E-state index in [9.17, 15) is 30.7 Å². The summed E-state index contributed by atoms with van der Waals surface area (Å²) in [6, 6.07) is 0. The molecule has 0 aromatic carbocycles. The van der Waals surface area contributed by atoms with E-state index in [0.717, 1.165) is 0 Å². The normalized spacial score (nSPS) is 6.02. The van der Waals surface area contributed by atoms with Gasteiger partial charge in [-0.2, -0.15) is 0 Å². The minimum absolute atomic E-state index is 0. The van der Waals surface area contributed by atoms with Crippen LogP contribution in [-0.4, -0.2) is 99.5 Å². The van der Waals surface area contributed by atoms with E-state index in [1.54, 1.807) is 0 Å². The number of carboxylic acid groups (broad SMARTS) is 7. The van der Waals surface area contributed by atoms with Crippen molar-refractivity contribution in [3.8, 4) is 0 Å². The van der Waals surface area contributed by atoms with E-state index < -0.39 is 88.5 Å². The Hall–Kier alpha value is -2.84. The molecule has 0 amide bonds. The summed E-state index contributed by atoms with van der Waals surface area (Å²) in [7, 11) is 0. The number of carboxylic acids is 7. The van der Waals surface area contributed by atoms with Gasteiger partial charge in [-0.15, -0.1) is 0 Å². The predicted octanol–water partition coefficient (Wildman–Crippen LogP) is -12.7. The van der Waals surface area contributed by atoms with Crippen LogP contribution in [0.4, 0.5) is 30.7 Å². The van der Waals surface area contributed by atoms with E-state index in [-0.39, 0.29) is 78.6 Å². The van der Waals surface area contributed by atoms with Crippen LogP contribution in [0, 0.1) is 0 Å². The van der Waals surface area contributed by atoms with Crippen molar-refractivity contribution in [2.24, 2.45) is 0 Å². The third-order valence-corrected chi connectivity index (χ3v) is 0.764. The molecule has 0 aromatic heterocycles. The third kappa shape index (κ3) is 434. The Morgan fingerprint density at radius 1 is 0.326 bits per heavy atom. The summed E-state index contributed by atoms with van der Waals surface area (Å²) in [6.45, 7) is -9.72. The summed E-state index contributed by atoms with van der Waals surface area (Å²) in [5, 5.41) is 62.2. The molecule has 0 spiro atoms. The van der Waals surface area contributed by atoms with Crippen molar-refractivity contribution in [1.29, 1.82) is 0 Å². The van der Waals surface area contributed by atoms with E-state index in [0.29, 0.717) is 0 Å². The molecule has 0 aliphatic rings. The van der Waals surface area contributed by atoms with Crippen LogP contribution in [0.3, 0.4) is 0 Å². The molecular weight excluding hydrogens is 773 g/mol. The van der Waals surface area contributed by atoms with Gasteiger partial charge in [-0.1, -0.05) is 0 Å². The van der Waals surface area contributed by atoms with Crippen molar-refractivity contribution in [2.75, 3.05) is 46.7 Å². The van der Waals surface area contributed by atoms with Crippen molar-refractivity contribution in [2.45, 2.75) is 0 Å². The fourth-order valence-electron chi connectivity index (χ4n) is 0. The summed E-state index contributed by atoms with van der Waals surface area (Å²) in [5.41, 5.74) is 0. The molecule has 0 rings (SSSR count). The molecule has 0 unspecified atom stereocenters. The van der Waals surface area contributed by atoms with E-state index in [1.807, 2.05) is 0 Å². The molecule has 0 aromatic rings. The van der Waals surface area contributed by atoms with E-state index in [2.05, 4.69) is 0 Å². The SMILES string of the molecule is O.O.O=C([O-])CF.O=C([O-])CF.O=C([O-])CF.O=C([O-])CF.O=C([O-])CF.O=C([O-])CF.O=C([O-])CF.[Fe+3].[Fe+3].[Fe+3].[O-2].[OH3+].[OH3+]. The Morgan fingerprint density at radius 2 is 0.349 bits per heavy atom. The zero-order valence-electron chi connectivity index (χ0n) is 20.4. The van der Waals surface area contributed by atoms with Gasteiger partial charge in [-0.05, 0) is 0 Å². The van der Waals surface area contributed by atoms with Gasteiger partial charge in [0, 0.05) is 0 Å². The molecule has 10 N–H and O–H groups in total. The molecule has 0 heterocycles. The maximum atomic E-state index is 10.5. The number of hydrogen-bond acceptors (Lipinski definition) is 14. The second-order valence-corrected chi connectivity index (χ2v) is 3.54. The van der Waals surface area contributed by atoms with Crippen LogP contribution in [-0.2, 0) is 101 Å². The Bertz CT molecular complexity index is 460. The van der Waals surface area contributed by atoms with E-state index in [4.69, 9.17) is 69.3 Å². The molecule has 265 valence electrons. The van der Waals surface area contributed by atoms with Gasteiger partial charge in [-0.25, -0.2) is 30.7 Å². The van der Waals surface area contributed by atoms with Gasteiger partial charge in [0.15, 0.2) is 0 Å². The molecule has 0 fully saturated rings. The van der Waals surface area contributed by atoms with Crippen molar-refractivity contribution in [3.05, 3.63) is 0 Å². The topological polar surface area (TPSA) is 438 Å². The molecule has 0 saturated carbocycles. The fourth-order valence-corrected chi connectivity index (χ4v) is 0. The number of rotatable bonds is 7. The maximum Gasteiger partial charge on any atom is 3.00 e. The largest absolute Gasteiger partial charge is 3.00 e. The third-order valence-electron chi connectivity index (χ3n) is 0.764. The van der Waals surface area contributed by atoms with Gasteiger partial charge >= 0.3 is 51.2 Å². The first kappa shape index (κ1) is 97.3. The average Bonchev–Trinajstić information content (AvgIpc) is 2.80. The van der Waals surface area contributed by atoms with Gasteiger partial charge in [0.25, 0.3) is 0 Å². The number of alkyl halides is 7. The minimum atomic E-state index is -1.66. The molecule has 0 saturated heterocycles.